The van der Waals surface area contributed by atoms with Crippen molar-refractivity contribution in [2.24, 2.45) is 5.92 Å². The van der Waals surface area contributed by atoms with Gasteiger partial charge in [0.1, 0.15) is 0 Å². The highest BCUT2D eigenvalue weighted by Gasteiger charge is 2.11. The van der Waals surface area contributed by atoms with Gasteiger partial charge in [0.05, 0.1) is 12.7 Å². The fraction of sp³-hybridized carbons (Fsp3) is 1.00. The Kier molecular flexibility index (Phi) is 9.42. The van der Waals surface area contributed by atoms with Crippen LogP contribution in [-0.2, 0) is 4.74 Å². The average Bonchev–Trinajstić information content (AvgIpc) is 2.21. The molecule has 2 heteroatoms. The van der Waals surface area contributed by atoms with Gasteiger partial charge in [-0.2, -0.15) is 0 Å². The molecule has 2 atom stereocenters. The second-order valence-corrected chi connectivity index (χ2v) is 4.09. The molecule has 0 bridgehead atoms. The van der Waals surface area contributed by atoms with Crippen molar-refractivity contribution in [2.45, 2.75) is 59.0 Å². The van der Waals surface area contributed by atoms with E-state index < -0.39 is 0 Å². The third-order valence-corrected chi connectivity index (χ3v) is 2.73. The molecule has 0 fully saturated rings. The Morgan fingerprint density at radius 1 is 1.14 bits per heavy atom. The molecule has 1 N–H and O–H groups in total. The molecular weight excluding hydrogens is 176 g/mol. The van der Waals surface area contributed by atoms with Gasteiger partial charge in [-0.1, -0.05) is 46.5 Å². The Bertz CT molecular complexity index is 115. The lowest BCUT2D eigenvalue weighted by molar-refractivity contribution is 0.00703. The number of hydrogen-bond acceptors (Lipinski definition) is 2. The summed E-state index contributed by atoms with van der Waals surface area (Å²) in [6.45, 7) is 7.66. The minimum Gasteiger partial charge on any atom is -0.390 e. The molecule has 0 rings (SSSR count). The summed E-state index contributed by atoms with van der Waals surface area (Å²) in [5.74, 6) is 0.352. The maximum absolute atomic E-state index is 9.60. The molecule has 0 aliphatic rings. The number of rotatable bonds is 9. The van der Waals surface area contributed by atoms with Crippen LogP contribution in [0.25, 0.3) is 0 Å². The molecule has 0 spiro atoms. The fourth-order valence-electron chi connectivity index (χ4n) is 1.27. The van der Waals surface area contributed by atoms with Gasteiger partial charge >= 0.3 is 0 Å². The standard InChI is InChI=1S/C12H26O2/c1-4-6-7-8-9-14-10-12(13)11(3)5-2/h11-13H,4-10H2,1-3H3. The van der Waals surface area contributed by atoms with Crippen LogP contribution >= 0.6 is 0 Å². The van der Waals surface area contributed by atoms with Gasteiger partial charge in [0.25, 0.3) is 0 Å². The summed E-state index contributed by atoms with van der Waals surface area (Å²) in [5.41, 5.74) is 0. The molecule has 0 saturated heterocycles. The van der Waals surface area contributed by atoms with Gasteiger partial charge < -0.3 is 9.84 Å². The van der Waals surface area contributed by atoms with Gasteiger partial charge in [-0.05, 0) is 12.3 Å². The van der Waals surface area contributed by atoms with E-state index in [9.17, 15) is 5.11 Å². The number of aliphatic hydroxyl groups excluding tert-OH is 1. The van der Waals surface area contributed by atoms with E-state index in [0.717, 1.165) is 19.4 Å². The van der Waals surface area contributed by atoms with Crippen molar-refractivity contribution < 1.29 is 9.84 Å². The minimum atomic E-state index is -0.286. The normalized spacial score (nSPS) is 15.4. The van der Waals surface area contributed by atoms with Crippen LogP contribution in [0.1, 0.15) is 52.9 Å². The first kappa shape index (κ1) is 13.9. The van der Waals surface area contributed by atoms with Crippen molar-refractivity contribution in [3.63, 3.8) is 0 Å². The zero-order valence-electron chi connectivity index (χ0n) is 9.96. The van der Waals surface area contributed by atoms with Crippen molar-refractivity contribution >= 4 is 0 Å². The van der Waals surface area contributed by atoms with Crippen LogP contribution in [0.2, 0.25) is 0 Å². The van der Waals surface area contributed by atoms with Crippen LogP contribution in [-0.4, -0.2) is 24.4 Å². The molecule has 0 aromatic heterocycles. The molecule has 0 heterocycles. The molecule has 0 saturated carbocycles. The summed E-state index contributed by atoms with van der Waals surface area (Å²) in [6.07, 6.45) is 5.65. The molecule has 86 valence electrons. The first-order valence-electron chi connectivity index (χ1n) is 5.98. The van der Waals surface area contributed by atoms with Gasteiger partial charge in [-0.15, -0.1) is 0 Å². The molecule has 0 radical (unpaired) electrons. The summed E-state index contributed by atoms with van der Waals surface area (Å²) in [4.78, 5) is 0. The summed E-state index contributed by atoms with van der Waals surface area (Å²) >= 11 is 0. The topological polar surface area (TPSA) is 29.5 Å². The summed E-state index contributed by atoms with van der Waals surface area (Å²) in [5, 5.41) is 9.60. The maximum Gasteiger partial charge on any atom is 0.0799 e. The van der Waals surface area contributed by atoms with Crippen molar-refractivity contribution in [2.75, 3.05) is 13.2 Å². The van der Waals surface area contributed by atoms with Gasteiger partial charge in [-0.25, -0.2) is 0 Å². The second kappa shape index (κ2) is 9.47. The van der Waals surface area contributed by atoms with Gasteiger partial charge in [0.15, 0.2) is 0 Å². The molecule has 0 aromatic carbocycles. The monoisotopic (exact) mass is 202 g/mol. The van der Waals surface area contributed by atoms with E-state index in [1.165, 1.54) is 19.3 Å². The smallest absolute Gasteiger partial charge is 0.0799 e. The lowest BCUT2D eigenvalue weighted by Gasteiger charge is -2.16. The van der Waals surface area contributed by atoms with Crippen molar-refractivity contribution in [3.05, 3.63) is 0 Å². The van der Waals surface area contributed by atoms with Gasteiger partial charge in [-0.3, -0.25) is 0 Å². The van der Waals surface area contributed by atoms with Crippen LogP contribution in [0.3, 0.4) is 0 Å². The molecule has 2 unspecified atom stereocenters. The van der Waals surface area contributed by atoms with Crippen LogP contribution < -0.4 is 0 Å². The quantitative estimate of drug-likeness (QED) is 0.582. The minimum absolute atomic E-state index is 0.286. The molecule has 0 aromatic rings. The number of hydrogen-bond donors (Lipinski definition) is 1. The summed E-state index contributed by atoms with van der Waals surface area (Å²) in [7, 11) is 0. The Morgan fingerprint density at radius 2 is 1.86 bits per heavy atom. The third kappa shape index (κ3) is 7.34. The van der Waals surface area contributed by atoms with E-state index in [1.807, 2.05) is 0 Å². The highest BCUT2D eigenvalue weighted by atomic mass is 16.5. The molecule has 0 aliphatic carbocycles. The van der Waals surface area contributed by atoms with Crippen molar-refractivity contribution in [1.82, 2.24) is 0 Å². The average molecular weight is 202 g/mol. The Morgan fingerprint density at radius 3 is 2.43 bits per heavy atom. The molecule has 0 amide bonds. The van der Waals surface area contributed by atoms with E-state index in [1.54, 1.807) is 0 Å². The predicted octanol–water partition coefficient (Wildman–Crippen LogP) is 2.99. The first-order chi connectivity index (χ1) is 6.72. The summed E-state index contributed by atoms with van der Waals surface area (Å²) < 4.78 is 5.41. The Hall–Kier alpha value is -0.0800. The second-order valence-electron chi connectivity index (χ2n) is 4.09. The Balaban J connectivity index is 3.18. The van der Waals surface area contributed by atoms with Gasteiger partial charge in [0, 0.05) is 6.61 Å². The number of aliphatic hydroxyl groups is 1. The zero-order chi connectivity index (χ0) is 10.8. The SMILES string of the molecule is CCCCCCOCC(O)C(C)CC. The highest BCUT2D eigenvalue weighted by Crippen LogP contribution is 2.08. The van der Waals surface area contributed by atoms with E-state index in [4.69, 9.17) is 4.74 Å². The van der Waals surface area contributed by atoms with E-state index in [2.05, 4.69) is 20.8 Å². The van der Waals surface area contributed by atoms with E-state index >= 15 is 0 Å². The zero-order valence-corrected chi connectivity index (χ0v) is 9.96. The first-order valence-corrected chi connectivity index (χ1v) is 5.98. The molecule has 2 nitrogen and oxygen atoms in total. The van der Waals surface area contributed by atoms with Crippen LogP contribution in [0.5, 0.6) is 0 Å². The Labute approximate surface area is 88.7 Å². The van der Waals surface area contributed by atoms with Crippen molar-refractivity contribution in [1.29, 1.82) is 0 Å². The number of unbranched alkanes of at least 4 members (excludes halogenated alkanes) is 3. The molecular formula is C12H26O2. The molecule has 0 aliphatic heterocycles. The van der Waals surface area contributed by atoms with E-state index in [0.29, 0.717) is 12.5 Å². The largest absolute Gasteiger partial charge is 0.390 e. The van der Waals surface area contributed by atoms with Crippen molar-refractivity contribution in [3.8, 4) is 0 Å². The lowest BCUT2D eigenvalue weighted by Crippen LogP contribution is -2.23. The number of ether oxygens (including phenoxy) is 1. The fourth-order valence-corrected chi connectivity index (χ4v) is 1.27. The maximum atomic E-state index is 9.60. The predicted molar refractivity (Wildman–Crippen MR) is 60.4 cm³/mol. The highest BCUT2D eigenvalue weighted by molar-refractivity contribution is 4.61. The van der Waals surface area contributed by atoms with Crippen LogP contribution in [0, 0.1) is 5.92 Å². The van der Waals surface area contributed by atoms with Crippen LogP contribution in [0.4, 0.5) is 0 Å². The van der Waals surface area contributed by atoms with E-state index in [-0.39, 0.29) is 6.10 Å². The third-order valence-electron chi connectivity index (χ3n) is 2.73. The lowest BCUT2D eigenvalue weighted by atomic mass is 10.0. The van der Waals surface area contributed by atoms with Gasteiger partial charge in [0.2, 0.25) is 0 Å². The summed E-state index contributed by atoms with van der Waals surface area (Å²) in [6, 6.07) is 0. The van der Waals surface area contributed by atoms with Crippen LogP contribution in [0.15, 0.2) is 0 Å². The molecule has 14 heavy (non-hydrogen) atoms.